The molecule has 216 valence electrons. The second kappa shape index (κ2) is 11.3. The fourth-order valence-corrected chi connectivity index (χ4v) is 4.14. The van der Waals surface area contributed by atoms with Crippen molar-refractivity contribution in [2.45, 2.75) is 0 Å². The van der Waals surface area contributed by atoms with Crippen LogP contribution in [0.2, 0.25) is 0 Å². The van der Waals surface area contributed by atoms with E-state index in [2.05, 4.69) is 24.6 Å². The highest BCUT2D eigenvalue weighted by atomic mass is 19.2. The van der Waals surface area contributed by atoms with Crippen molar-refractivity contribution in [2.24, 2.45) is 0 Å². The lowest BCUT2D eigenvalue weighted by Crippen LogP contribution is -2.06. The van der Waals surface area contributed by atoms with E-state index in [1.54, 1.807) is 0 Å². The fourth-order valence-electron chi connectivity index (χ4n) is 4.14. The summed E-state index contributed by atoms with van der Waals surface area (Å²) in [5.74, 6) is -19.2. The van der Waals surface area contributed by atoms with Gasteiger partial charge in [-0.2, -0.15) is 62.3 Å². The zero-order valence-corrected chi connectivity index (χ0v) is 20.9. The van der Waals surface area contributed by atoms with E-state index >= 15 is 0 Å². The Morgan fingerprint density at radius 1 is 0.533 bits per heavy atom. The van der Waals surface area contributed by atoms with Crippen molar-refractivity contribution in [1.29, 1.82) is 21.0 Å². The van der Waals surface area contributed by atoms with Crippen molar-refractivity contribution in [3.63, 3.8) is 0 Å². The molecule has 4 rings (SSSR count). The van der Waals surface area contributed by atoms with Gasteiger partial charge in [0.2, 0.25) is 29.5 Å². The van der Waals surface area contributed by atoms with Gasteiger partial charge in [-0.05, 0) is 16.7 Å². The quantitative estimate of drug-likeness (QED) is 0.151. The number of halogens is 9. The van der Waals surface area contributed by atoms with Gasteiger partial charge in [-0.3, -0.25) is 0 Å². The first kappa shape index (κ1) is 30.9. The molecule has 18 heteroatoms. The number of nitrogens with zero attached hydrogens (tertiary/aromatic N) is 9. The molecule has 0 radical (unpaired) electrons. The van der Waals surface area contributed by atoms with E-state index in [0.29, 0.717) is 0 Å². The summed E-state index contributed by atoms with van der Waals surface area (Å²) in [5, 5.41) is 38.6. The molecule has 0 bridgehead atoms. The van der Waals surface area contributed by atoms with Crippen LogP contribution in [0, 0.1) is 112 Å². The largest absolute Gasteiger partial charge is 0.252 e. The van der Waals surface area contributed by atoms with Crippen LogP contribution >= 0.6 is 0 Å². The number of pyridine rings is 3. The lowest BCUT2D eigenvalue weighted by Gasteiger charge is -2.06. The van der Waals surface area contributed by atoms with E-state index in [4.69, 9.17) is 13.1 Å². The van der Waals surface area contributed by atoms with Crippen LogP contribution in [-0.2, 0) is 0 Å². The molecule has 0 N–H and O–H groups in total. The minimum atomic E-state index is -2.23. The Kier molecular flexibility index (Phi) is 7.79. The summed E-state index contributed by atoms with van der Waals surface area (Å²) in [6.07, 6.45) is 0. The predicted molar refractivity (Wildman–Crippen MR) is 127 cm³/mol. The lowest BCUT2D eigenvalue weighted by atomic mass is 9.98. The minimum Gasteiger partial charge on any atom is -0.238 e. The van der Waals surface area contributed by atoms with Crippen LogP contribution in [0.5, 0.6) is 0 Å². The Morgan fingerprint density at radius 3 is 1.24 bits per heavy atom. The van der Waals surface area contributed by atoms with Gasteiger partial charge in [0.25, 0.3) is 11.9 Å². The Balaban J connectivity index is 2.40. The second-order valence-electron chi connectivity index (χ2n) is 8.14. The molecule has 0 aliphatic heterocycles. The highest BCUT2D eigenvalue weighted by Gasteiger charge is 2.45. The molecule has 3 heterocycles. The molecule has 0 spiro atoms. The number of allylic oxidation sites excluding steroid dienone is 5. The summed E-state index contributed by atoms with van der Waals surface area (Å²) in [4.78, 5) is 13.0. The van der Waals surface area contributed by atoms with Crippen LogP contribution in [0.15, 0.2) is 16.7 Å². The molecular weight excluding hydrogens is 621 g/mol. The monoisotopic (exact) mass is 621 g/mol. The summed E-state index contributed by atoms with van der Waals surface area (Å²) in [6, 6.07) is 4.61. The zero-order chi connectivity index (χ0) is 33.5. The summed E-state index contributed by atoms with van der Waals surface area (Å²) in [6.45, 7) is 14.7. The van der Waals surface area contributed by atoms with Crippen LogP contribution in [0.1, 0.15) is 27.8 Å². The summed E-state index contributed by atoms with van der Waals surface area (Å²) < 4.78 is 131. The fraction of sp³-hybridized carbons (Fsp3) is 0. The van der Waals surface area contributed by atoms with Crippen molar-refractivity contribution in [3.8, 4) is 24.3 Å². The molecular formula is C27F9N9. The maximum Gasteiger partial charge on any atom is 0.252 e. The SMILES string of the molecule is [C-]#[N+]C(=C1C(=C(\C#N)c2c(F)c(F)nc(F)c2C#N)/C1=C(\C#N)c1c(F)c(F)nc(F)c1C#N)c1c(F)c(F)nc(F)c1[N+]#[C-]. The molecule has 0 aromatic carbocycles. The number of rotatable bonds is 3. The molecule has 9 nitrogen and oxygen atoms in total. The highest BCUT2D eigenvalue weighted by molar-refractivity contribution is 6.12. The van der Waals surface area contributed by atoms with Crippen molar-refractivity contribution in [1.82, 2.24) is 15.0 Å². The predicted octanol–water partition coefficient (Wildman–Crippen LogP) is 6.02. The van der Waals surface area contributed by atoms with E-state index in [1.165, 1.54) is 12.1 Å². The first-order chi connectivity index (χ1) is 21.3. The molecule has 1 fully saturated rings. The third-order valence-electron chi connectivity index (χ3n) is 5.97. The molecule has 3 aromatic rings. The Bertz CT molecular complexity index is 2010. The van der Waals surface area contributed by atoms with Gasteiger partial charge >= 0.3 is 0 Å². The maximum atomic E-state index is 15.0. The van der Waals surface area contributed by atoms with Gasteiger partial charge in [0.05, 0.1) is 35.4 Å². The number of aromatic nitrogens is 3. The van der Waals surface area contributed by atoms with E-state index in [1.807, 2.05) is 0 Å². The van der Waals surface area contributed by atoms with Gasteiger partial charge in [0.1, 0.15) is 35.4 Å². The Labute approximate surface area is 243 Å². The second-order valence-corrected chi connectivity index (χ2v) is 8.14. The van der Waals surface area contributed by atoms with Gasteiger partial charge in [-0.25, -0.2) is 22.9 Å². The van der Waals surface area contributed by atoms with Crippen LogP contribution in [-0.4, -0.2) is 15.0 Å². The van der Waals surface area contributed by atoms with Gasteiger partial charge in [0.15, 0.2) is 23.1 Å². The maximum absolute atomic E-state index is 15.0. The van der Waals surface area contributed by atoms with Gasteiger partial charge in [-0.15, -0.1) is 0 Å². The first-order valence-corrected chi connectivity index (χ1v) is 11.1. The van der Waals surface area contributed by atoms with Crippen molar-refractivity contribution in [2.75, 3.05) is 0 Å². The molecule has 0 saturated heterocycles. The van der Waals surface area contributed by atoms with E-state index < -0.39 is 120 Å². The summed E-state index contributed by atoms with van der Waals surface area (Å²) >= 11 is 0. The van der Waals surface area contributed by atoms with Gasteiger partial charge < -0.3 is 0 Å². The third kappa shape index (κ3) is 4.62. The van der Waals surface area contributed by atoms with Crippen molar-refractivity contribution < 1.29 is 39.5 Å². The number of hydrogen-bond acceptors (Lipinski definition) is 7. The number of hydrogen-bond donors (Lipinski definition) is 0. The van der Waals surface area contributed by atoms with Crippen LogP contribution in [0.25, 0.3) is 26.5 Å². The molecule has 0 unspecified atom stereocenters. The average Bonchev–Trinajstić information content (AvgIpc) is 3.71. The zero-order valence-electron chi connectivity index (χ0n) is 20.9. The van der Waals surface area contributed by atoms with Gasteiger partial charge in [0, 0.05) is 5.56 Å². The van der Waals surface area contributed by atoms with E-state index in [-0.39, 0.29) is 0 Å². The van der Waals surface area contributed by atoms with Crippen LogP contribution < -0.4 is 0 Å². The molecule has 1 saturated carbocycles. The smallest absolute Gasteiger partial charge is 0.238 e. The average molecular weight is 621 g/mol. The first-order valence-electron chi connectivity index (χ1n) is 11.1. The van der Waals surface area contributed by atoms with Crippen molar-refractivity contribution >= 4 is 22.5 Å². The molecule has 1 aliphatic carbocycles. The standard InChI is InChI=1S/C27F9N9/c1-41-20(16-19(30)26(35)45-27(36)21(16)42-2)15-13(7(3-37)11-9(5-39)22(31)43-24(33)17(11)28)14(15)8(4-38)12-10(6-40)23(32)44-25(34)18(12)29/b13-7-,14-8+,20-15?. The summed E-state index contributed by atoms with van der Waals surface area (Å²) in [5.41, 5.74) is -16.3. The van der Waals surface area contributed by atoms with Crippen LogP contribution in [0.4, 0.5) is 45.2 Å². The Morgan fingerprint density at radius 2 is 0.911 bits per heavy atom. The normalized spacial score (nSPS) is 15.0. The molecule has 0 atom stereocenters. The third-order valence-corrected chi connectivity index (χ3v) is 5.97. The summed E-state index contributed by atoms with van der Waals surface area (Å²) in [7, 11) is 0. The van der Waals surface area contributed by atoms with Crippen LogP contribution in [0.3, 0.4) is 0 Å². The van der Waals surface area contributed by atoms with Gasteiger partial charge in [-0.1, -0.05) is 0 Å². The molecule has 45 heavy (non-hydrogen) atoms. The minimum absolute atomic E-state index is 1.07. The molecule has 0 amide bonds. The lowest BCUT2D eigenvalue weighted by molar-refractivity contribution is 0.444. The Hall–Kier alpha value is -7.02. The van der Waals surface area contributed by atoms with Crippen molar-refractivity contribution in [3.05, 3.63) is 121 Å². The molecule has 3 aromatic heterocycles. The highest BCUT2D eigenvalue weighted by Crippen LogP contribution is 2.58. The van der Waals surface area contributed by atoms with E-state index in [0.717, 1.165) is 12.1 Å². The molecule has 1 aliphatic rings. The number of nitriles is 4. The topological polar surface area (TPSA) is 143 Å². The van der Waals surface area contributed by atoms with E-state index in [9.17, 15) is 60.6 Å².